The Bertz CT molecular complexity index is 427. The number of hydrogen-bond donors (Lipinski definition) is 1. The zero-order valence-electron chi connectivity index (χ0n) is 11.3. The standard InChI is InChI=1S/C14H23N3O/c1-10(2)16-6-3-4-13(16)14-15-9-11-8-12(18)5-7-17(11)14/h9-10,12-13,18H,3-8H2,1-2H3. The zero-order valence-corrected chi connectivity index (χ0v) is 11.3. The molecule has 0 radical (unpaired) electrons. The van der Waals surface area contributed by atoms with E-state index in [2.05, 4.69) is 28.3 Å². The molecule has 18 heavy (non-hydrogen) atoms. The van der Waals surface area contributed by atoms with Crippen LogP contribution in [0, 0.1) is 0 Å². The Hall–Kier alpha value is -0.870. The third-order valence-electron chi connectivity index (χ3n) is 4.36. The van der Waals surface area contributed by atoms with Gasteiger partial charge in [0.15, 0.2) is 0 Å². The Kier molecular flexibility index (Phi) is 3.16. The average molecular weight is 249 g/mol. The molecule has 1 aromatic rings. The van der Waals surface area contributed by atoms with Crippen LogP contribution in [-0.2, 0) is 13.0 Å². The molecule has 0 spiro atoms. The van der Waals surface area contributed by atoms with E-state index >= 15 is 0 Å². The molecule has 100 valence electrons. The molecule has 1 aromatic heterocycles. The minimum Gasteiger partial charge on any atom is -0.393 e. The number of aliphatic hydroxyl groups excluding tert-OH is 1. The van der Waals surface area contributed by atoms with E-state index in [1.165, 1.54) is 30.9 Å². The molecule has 2 atom stereocenters. The van der Waals surface area contributed by atoms with Gasteiger partial charge in [-0.15, -0.1) is 0 Å². The van der Waals surface area contributed by atoms with E-state index < -0.39 is 0 Å². The van der Waals surface area contributed by atoms with Crippen LogP contribution < -0.4 is 0 Å². The first-order valence-electron chi connectivity index (χ1n) is 7.15. The van der Waals surface area contributed by atoms with Crippen LogP contribution in [0.1, 0.15) is 50.7 Å². The van der Waals surface area contributed by atoms with E-state index in [9.17, 15) is 5.11 Å². The lowest BCUT2D eigenvalue weighted by Gasteiger charge is -2.30. The first-order valence-corrected chi connectivity index (χ1v) is 7.15. The fraction of sp³-hybridized carbons (Fsp3) is 0.786. The van der Waals surface area contributed by atoms with Crippen LogP contribution in [0.4, 0.5) is 0 Å². The highest BCUT2D eigenvalue weighted by Gasteiger charge is 2.32. The van der Waals surface area contributed by atoms with E-state index in [0.29, 0.717) is 12.1 Å². The van der Waals surface area contributed by atoms with Crippen LogP contribution in [0.2, 0.25) is 0 Å². The Labute approximate surface area is 109 Å². The topological polar surface area (TPSA) is 41.3 Å². The van der Waals surface area contributed by atoms with Gasteiger partial charge in [-0.1, -0.05) is 0 Å². The summed E-state index contributed by atoms with van der Waals surface area (Å²) in [5.74, 6) is 1.23. The molecule has 4 heteroatoms. The maximum Gasteiger partial charge on any atom is 0.126 e. The minimum atomic E-state index is -0.174. The van der Waals surface area contributed by atoms with Crippen molar-refractivity contribution in [1.82, 2.24) is 14.5 Å². The second-order valence-corrected chi connectivity index (χ2v) is 5.90. The fourth-order valence-corrected chi connectivity index (χ4v) is 3.42. The van der Waals surface area contributed by atoms with Gasteiger partial charge in [-0.3, -0.25) is 4.90 Å². The molecule has 2 unspecified atom stereocenters. The smallest absolute Gasteiger partial charge is 0.126 e. The van der Waals surface area contributed by atoms with Crippen molar-refractivity contribution in [3.63, 3.8) is 0 Å². The summed E-state index contributed by atoms with van der Waals surface area (Å²) in [6.07, 6.45) is 5.91. The van der Waals surface area contributed by atoms with Crippen LogP contribution in [0.3, 0.4) is 0 Å². The monoisotopic (exact) mass is 249 g/mol. The lowest BCUT2D eigenvalue weighted by atomic mass is 10.1. The molecule has 1 fully saturated rings. The predicted octanol–water partition coefficient (Wildman–Crippen LogP) is 1.74. The van der Waals surface area contributed by atoms with Crippen molar-refractivity contribution in [3.8, 4) is 0 Å². The van der Waals surface area contributed by atoms with E-state index in [1.807, 2.05) is 6.20 Å². The first-order chi connectivity index (χ1) is 8.66. The summed E-state index contributed by atoms with van der Waals surface area (Å²) in [5, 5.41) is 9.72. The second kappa shape index (κ2) is 4.67. The molecule has 0 aromatic carbocycles. The third kappa shape index (κ3) is 1.97. The van der Waals surface area contributed by atoms with Gasteiger partial charge >= 0.3 is 0 Å². The van der Waals surface area contributed by atoms with Crippen LogP contribution in [-0.4, -0.2) is 38.2 Å². The Morgan fingerprint density at radius 2 is 2.17 bits per heavy atom. The number of fused-ring (bicyclic) bond motifs is 1. The highest BCUT2D eigenvalue weighted by Crippen LogP contribution is 2.34. The van der Waals surface area contributed by atoms with Crippen molar-refractivity contribution in [1.29, 1.82) is 0 Å². The molecule has 3 heterocycles. The fourth-order valence-electron chi connectivity index (χ4n) is 3.42. The summed E-state index contributed by atoms with van der Waals surface area (Å²) >= 11 is 0. The molecule has 0 saturated carbocycles. The lowest BCUT2D eigenvalue weighted by Crippen LogP contribution is -2.33. The van der Waals surface area contributed by atoms with E-state index in [1.54, 1.807) is 0 Å². The normalized spacial score (nSPS) is 28.9. The molecular weight excluding hydrogens is 226 g/mol. The van der Waals surface area contributed by atoms with Gasteiger partial charge in [-0.2, -0.15) is 0 Å². The van der Waals surface area contributed by atoms with Gasteiger partial charge in [0.1, 0.15) is 5.82 Å². The molecule has 2 aliphatic rings. The highest BCUT2D eigenvalue weighted by molar-refractivity contribution is 5.13. The van der Waals surface area contributed by atoms with E-state index in [4.69, 9.17) is 0 Å². The molecule has 0 bridgehead atoms. The quantitative estimate of drug-likeness (QED) is 0.868. The Balaban J connectivity index is 1.89. The predicted molar refractivity (Wildman–Crippen MR) is 70.4 cm³/mol. The number of rotatable bonds is 2. The van der Waals surface area contributed by atoms with Crippen LogP contribution in [0.25, 0.3) is 0 Å². The van der Waals surface area contributed by atoms with Crippen molar-refractivity contribution >= 4 is 0 Å². The molecule has 4 nitrogen and oxygen atoms in total. The average Bonchev–Trinajstić information content (AvgIpc) is 2.92. The van der Waals surface area contributed by atoms with Gasteiger partial charge in [-0.25, -0.2) is 4.98 Å². The van der Waals surface area contributed by atoms with Gasteiger partial charge in [-0.05, 0) is 39.7 Å². The van der Waals surface area contributed by atoms with Gasteiger partial charge in [0, 0.05) is 30.9 Å². The molecule has 1 N–H and O–H groups in total. The summed E-state index contributed by atoms with van der Waals surface area (Å²) in [7, 11) is 0. The number of aliphatic hydroxyl groups is 1. The van der Waals surface area contributed by atoms with Crippen molar-refractivity contribution in [2.45, 2.75) is 64.3 Å². The first kappa shape index (κ1) is 12.2. The van der Waals surface area contributed by atoms with Crippen LogP contribution in [0.15, 0.2) is 6.20 Å². The van der Waals surface area contributed by atoms with E-state index in [-0.39, 0.29) is 6.10 Å². The van der Waals surface area contributed by atoms with Crippen LogP contribution in [0.5, 0.6) is 0 Å². The van der Waals surface area contributed by atoms with Crippen molar-refractivity contribution in [2.75, 3.05) is 6.54 Å². The van der Waals surface area contributed by atoms with Gasteiger partial charge < -0.3 is 9.67 Å². The van der Waals surface area contributed by atoms with Crippen molar-refractivity contribution in [2.24, 2.45) is 0 Å². The Morgan fingerprint density at radius 1 is 1.33 bits per heavy atom. The number of hydrogen-bond acceptors (Lipinski definition) is 3. The van der Waals surface area contributed by atoms with Crippen LogP contribution >= 0.6 is 0 Å². The van der Waals surface area contributed by atoms with Gasteiger partial charge in [0.25, 0.3) is 0 Å². The molecule has 3 rings (SSSR count). The number of aromatic nitrogens is 2. The Morgan fingerprint density at radius 3 is 2.94 bits per heavy atom. The third-order valence-corrected chi connectivity index (χ3v) is 4.36. The second-order valence-electron chi connectivity index (χ2n) is 5.90. The largest absolute Gasteiger partial charge is 0.393 e. The van der Waals surface area contributed by atoms with E-state index in [0.717, 1.165) is 19.4 Å². The number of likely N-dealkylation sites (tertiary alicyclic amines) is 1. The molecular formula is C14H23N3O. The lowest BCUT2D eigenvalue weighted by molar-refractivity contribution is 0.138. The summed E-state index contributed by atoms with van der Waals surface area (Å²) in [6.45, 7) is 6.64. The minimum absolute atomic E-state index is 0.174. The zero-order chi connectivity index (χ0) is 12.7. The number of imidazole rings is 1. The summed E-state index contributed by atoms with van der Waals surface area (Å²) in [4.78, 5) is 7.21. The maximum atomic E-state index is 9.72. The van der Waals surface area contributed by atoms with Crippen molar-refractivity contribution < 1.29 is 5.11 Å². The highest BCUT2D eigenvalue weighted by atomic mass is 16.3. The SMILES string of the molecule is CC(C)N1CCCC1c1ncc2n1CCC(O)C2. The summed E-state index contributed by atoms with van der Waals surface area (Å²) in [6, 6.07) is 1.06. The molecule has 2 aliphatic heterocycles. The maximum absolute atomic E-state index is 9.72. The van der Waals surface area contributed by atoms with Gasteiger partial charge in [0.2, 0.25) is 0 Å². The molecule has 0 aliphatic carbocycles. The summed E-state index contributed by atoms with van der Waals surface area (Å²) < 4.78 is 2.35. The number of nitrogens with zero attached hydrogens (tertiary/aromatic N) is 3. The summed E-state index contributed by atoms with van der Waals surface area (Å²) in [5.41, 5.74) is 1.21. The van der Waals surface area contributed by atoms with Gasteiger partial charge in [0.05, 0.1) is 12.1 Å². The van der Waals surface area contributed by atoms with Crippen molar-refractivity contribution in [3.05, 3.63) is 17.7 Å². The molecule has 1 saturated heterocycles. The molecule has 0 amide bonds.